The molecule has 0 heterocycles. The lowest BCUT2D eigenvalue weighted by Gasteiger charge is -2.31. The van der Waals surface area contributed by atoms with Crippen molar-refractivity contribution in [1.82, 2.24) is 0 Å². The van der Waals surface area contributed by atoms with Gasteiger partial charge in [-0.1, -0.05) is 145 Å². The van der Waals surface area contributed by atoms with Crippen LogP contribution in [0.4, 0.5) is 0 Å². The SMILES string of the molecule is CC/C=C/C/C=C/C/C=C/C/C=C/C/C=C/CCCCCCCCCC(=O)OCC(COCCC(C(=O)O)[N+](C)(C)C)OC(=O)CCCCCC/C=C/CCCC. The number of carboxylic acids is 1. The Morgan fingerprint density at radius 1 is 0.544 bits per heavy atom. The standard InChI is InChI=1S/C49H83NO7/c1-6-8-10-12-14-16-18-19-20-21-22-23-24-25-26-27-28-29-30-32-33-35-37-39-47(51)56-44-45(43-55-42-41-46(49(53)54)50(3,4)5)57-48(52)40-38-36-34-31-17-15-13-11-9-7-2/h8,10,13-16,19-20,22-23,25-26,45-46H,6-7,9,11-12,17-18,21,24,27-44H2,1-5H3/p+1/b10-8+,15-13+,16-14+,20-19+,23-22+,26-25+. The van der Waals surface area contributed by atoms with Crippen LogP contribution in [-0.2, 0) is 28.6 Å². The summed E-state index contributed by atoms with van der Waals surface area (Å²) in [6.45, 7) is 4.54. The monoisotopic (exact) mass is 799 g/mol. The number of hydrogen-bond donors (Lipinski definition) is 1. The van der Waals surface area contributed by atoms with Crippen molar-refractivity contribution in [3.8, 4) is 0 Å². The fourth-order valence-electron chi connectivity index (χ4n) is 6.10. The summed E-state index contributed by atoms with van der Waals surface area (Å²) >= 11 is 0. The van der Waals surface area contributed by atoms with Gasteiger partial charge in [0.25, 0.3) is 0 Å². The second-order valence-corrected chi connectivity index (χ2v) is 15.9. The lowest BCUT2D eigenvalue weighted by atomic mass is 10.1. The van der Waals surface area contributed by atoms with Crippen LogP contribution in [-0.4, -0.2) is 80.6 Å². The van der Waals surface area contributed by atoms with E-state index in [1.807, 2.05) is 21.1 Å². The van der Waals surface area contributed by atoms with Crippen LogP contribution >= 0.6 is 0 Å². The van der Waals surface area contributed by atoms with Crippen LogP contribution in [0.2, 0.25) is 0 Å². The molecule has 0 aliphatic heterocycles. The van der Waals surface area contributed by atoms with Gasteiger partial charge >= 0.3 is 17.9 Å². The summed E-state index contributed by atoms with van der Waals surface area (Å²) in [5.41, 5.74) is 0. The third kappa shape index (κ3) is 38.1. The third-order valence-corrected chi connectivity index (χ3v) is 9.59. The fourth-order valence-corrected chi connectivity index (χ4v) is 6.10. The number of allylic oxidation sites excluding steroid dienone is 12. The second-order valence-electron chi connectivity index (χ2n) is 15.9. The van der Waals surface area contributed by atoms with Gasteiger partial charge in [0.2, 0.25) is 0 Å². The highest BCUT2D eigenvalue weighted by Gasteiger charge is 2.31. The maximum atomic E-state index is 12.7. The van der Waals surface area contributed by atoms with Gasteiger partial charge in [-0.15, -0.1) is 0 Å². The molecule has 0 amide bonds. The zero-order valence-corrected chi connectivity index (χ0v) is 37.0. The zero-order valence-electron chi connectivity index (χ0n) is 37.0. The van der Waals surface area contributed by atoms with Crippen molar-refractivity contribution < 1.29 is 38.2 Å². The smallest absolute Gasteiger partial charge is 0.362 e. The van der Waals surface area contributed by atoms with E-state index in [0.717, 1.165) is 96.3 Å². The summed E-state index contributed by atoms with van der Waals surface area (Å²) < 4.78 is 17.2. The van der Waals surface area contributed by atoms with Gasteiger partial charge in [0.05, 0.1) is 34.4 Å². The Kier molecular flexibility index (Phi) is 37.3. The largest absolute Gasteiger partial charge is 0.477 e. The molecule has 2 unspecified atom stereocenters. The van der Waals surface area contributed by atoms with E-state index in [1.54, 1.807) is 0 Å². The first kappa shape index (κ1) is 53.8. The van der Waals surface area contributed by atoms with Crippen molar-refractivity contribution >= 4 is 17.9 Å². The molecule has 0 saturated carbocycles. The van der Waals surface area contributed by atoms with Gasteiger partial charge in [-0.25, -0.2) is 4.79 Å². The molecule has 2 atom stereocenters. The van der Waals surface area contributed by atoms with E-state index >= 15 is 0 Å². The summed E-state index contributed by atoms with van der Waals surface area (Å²) in [5, 5.41) is 9.61. The highest BCUT2D eigenvalue weighted by molar-refractivity contribution is 5.72. The molecule has 0 radical (unpaired) electrons. The Bertz CT molecular complexity index is 1160. The van der Waals surface area contributed by atoms with Crippen LogP contribution in [0.1, 0.15) is 168 Å². The van der Waals surface area contributed by atoms with Crippen molar-refractivity contribution in [1.29, 1.82) is 0 Å². The molecule has 0 spiro atoms. The molecular weight excluding hydrogens is 715 g/mol. The molecule has 8 nitrogen and oxygen atoms in total. The van der Waals surface area contributed by atoms with E-state index in [-0.39, 0.29) is 36.2 Å². The molecule has 0 aromatic rings. The van der Waals surface area contributed by atoms with Crippen molar-refractivity contribution in [3.05, 3.63) is 72.9 Å². The number of nitrogens with zero attached hydrogens (tertiary/aromatic N) is 1. The Morgan fingerprint density at radius 3 is 1.47 bits per heavy atom. The highest BCUT2D eigenvalue weighted by atomic mass is 16.6. The number of rotatable bonds is 39. The molecular formula is C49H84NO7+. The molecule has 0 aromatic heterocycles. The zero-order chi connectivity index (χ0) is 42.1. The molecule has 326 valence electrons. The number of likely N-dealkylation sites (N-methyl/N-ethyl adjacent to an activating group) is 1. The Balaban J connectivity index is 4.27. The van der Waals surface area contributed by atoms with Crippen LogP contribution in [0, 0.1) is 0 Å². The van der Waals surface area contributed by atoms with Crippen molar-refractivity contribution in [2.45, 2.75) is 180 Å². The molecule has 0 aromatic carbocycles. The topological polar surface area (TPSA) is 99.1 Å². The molecule has 0 bridgehead atoms. The average molecular weight is 799 g/mol. The number of carbonyl (C=O) groups is 3. The lowest BCUT2D eigenvalue weighted by molar-refractivity contribution is -0.887. The number of carbonyl (C=O) groups excluding carboxylic acids is 2. The lowest BCUT2D eigenvalue weighted by Crippen LogP contribution is -2.50. The van der Waals surface area contributed by atoms with E-state index in [4.69, 9.17) is 14.2 Å². The first-order valence-electron chi connectivity index (χ1n) is 22.5. The summed E-state index contributed by atoms with van der Waals surface area (Å²) in [7, 11) is 5.51. The van der Waals surface area contributed by atoms with E-state index in [0.29, 0.717) is 19.3 Å². The molecule has 8 heteroatoms. The molecule has 0 fully saturated rings. The number of ether oxygens (including phenoxy) is 3. The van der Waals surface area contributed by atoms with Crippen molar-refractivity contribution in [2.75, 3.05) is 41.0 Å². The second kappa shape index (κ2) is 39.6. The average Bonchev–Trinajstić information content (AvgIpc) is 3.17. The summed E-state index contributed by atoms with van der Waals surface area (Å²) in [6, 6.07) is -0.620. The van der Waals surface area contributed by atoms with E-state index in [2.05, 4.69) is 86.8 Å². The first-order chi connectivity index (χ1) is 27.6. The molecule has 0 saturated heterocycles. The predicted octanol–water partition coefficient (Wildman–Crippen LogP) is 12.4. The molecule has 0 rings (SSSR count). The minimum atomic E-state index is -0.882. The fraction of sp³-hybridized carbons (Fsp3) is 0.694. The maximum absolute atomic E-state index is 12.7. The van der Waals surface area contributed by atoms with Gasteiger partial charge in [0.1, 0.15) is 6.61 Å². The number of esters is 2. The number of aliphatic carboxylic acids is 1. The summed E-state index contributed by atoms with van der Waals surface area (Å²) in [4.78, 5) is 36.9. The van der Waals surface area contributed by atoms with Gasteiger partial charge in [-0.2, -0.15) is 0 Å². The number of hydrogen-bond acceptors (Lipinski definition) is 6. The summed E-state index contributed by atoms with van der Waals surface area (Å²) in [6.07, 6.45) is 49.5. The predicted molar refractivity (Wildman–Crippen MR) is 238 cm³/mol. The number of carboxylic acid groups (broad SMARTS) is 1. The Labute approximate surface area is 349 Å². The van der Waals surface area contributed by atoms with Crippen LogP contribution in [0.3, 0.4) is 0 Å². The van der Waals surface area contributed by atoms with Crippen LogP contribution < -0.4 is 0 Å². The minimum Gasteiger partial charge on any atom is -0.477 e. The molecule has 57 heavy (non-hydrogen) atoms. The first-order valence-corrected chi connectivity index (χ1v) is 22.5. The van der Waals surface area contributed by atoms with Gasteiger partial charge in [-0.05, 0) is 77.0 Å². The van der Waals surface area contributed by atoms with Crippen LogP contribution in [0.25, 0.3) is 0 Å². The van der Waals surface area contributed by atoms with Crippen LogP contribution in [0.5, 0.6) is 0 Å². The number of unbranched alkanes of at least 4 members (excludes halogenated alkanes) is 13. The highest BCUT2D eigenvalue weighted by Crippen LogP contribution is 2.13. The van der Waals surface area contributed by atoms with Crippen molar-refractivity contribution in [2.24, 2.45) is 0 Å². The Hall–Kier alpha value is -3.23. The third-order valence-electron chi connectivity index (χ3n) is 9.59. The van der Waals surface area contributed by atoms with E-state index in [1.165, 1.54) is 38.5 Å². The van der Waals surface area contributed by atoms with E-state index in [9.17, 15) is 19.5 Å². The molecule has 1 N–H and O–H groups in total. The van der Waals surface area contributed by atoms with Gasteiger partial charge in [-0.3, -0.25) is 9.59 Å². The van der Waals surface area contributed by atoms with E-state index < -0.39 is 18.1 Å². The maximum Gasteiger partial charge on any atom is 0.362 e. The molecule has 0 aliphatic carbocycles. The van der Waals surface area contributed by atoms with Gasteiger partial charge in [0.15, 0.2) is 12.1 Å². The summed E-state index contributed by atoms with van der Waals surface area (Å²) in [5.74, 6) is -1.51. The normalized spacial score (nSPS) is 13.6. The quantitative estimate of drug-likeness (QED) is 0.0286. The van der Waals surface area contributed by atoms with Crippen molar-refractivity contribution in [3.63, 3.8) is 0 Å². The van der Waals surface area contributed by atoms with Gasteiger partial charge < -0.3 is 23.8 Å². The minimum absolute atomic E-state index is 0.0496. The van der Waals surface area contributed by atoms with Gasteiger partial charge in [0, 0.05) is 19.3 Å². The molecule has 0 aliphatic rings. The Morgan fingerprint density at radius 2 is 0.982 bits per heavy atom. The number of quaternary nitrogens is 1. The van der Waals surface area contributed by atoms with Crippen LogP contribution in [0.15, 0.2) is 72.9 Å².